The molecule has 20 heavy (non-hydrogen) atoms. The van der Waals surface area contributed by atoms with Gasteiger partial charge in [0.1, 0.15) is 0 Å². The van der Waals surface area contributed by atoms with Crippen LogP contribution >= 0.6 is 0 Å². The molecule has 5 heteroatoms. The van der Waals surface area contributed by atoms with E-state index >= 15 is 0 Å². The highest BCUT2D eigenvalue weighted by atomic mass is 16.3. The maximum atomic E-state index is 12.0. The van der Waals surface area contributed by atoms with E-state index < -0.39 is 5.60 Å². The highest BCUT2D eigenvalue weighted by Crippen LogP contribution is 2.19. The van der Waals surface area contributed by atoms with Crippen molar-refractivity contribution in [1.82, 2.24) is 10.2 Å². The zero-order chi connectivity index (χ0) is 15.3. The van der Waals surface area contributed by atoms with Crippen LogP contribution in [-0.4, -0.2) is 47.1 Å². The van der Waals surface area contributed by atoms with Crippen LogP contribution in [0.1, 0.15) is 47.0 Å². The van der Waals surface area contributed by atoms with Crippen molar-refractivity contribution < 1.29 is 14.7 Å². The maximum absolute atomic E-state index is 12.0. The molecule has 0 spiro atoms. The highest BCUT2D eigenvalue weighted by molar-refractivity contribution is 5.80. The van der Waals surface area contributed by atoms with E-state index in [9.17, 15) is 14.7 Å². The van der Waals surface area contributed by atoms with Gasteiger partial charge in [-0.15, -0.1) is 0 Å². The second-order valence-corrected chi connectivity index (χ2v) is 6.32. The van der Waals surface area contributed by atoms with Gasteiger partial charge in [0.15, 0.2) is 0 Å². The van der Waals surface area contributed by atoms with Gasteiger partial charge in [-0.3, -0.25) is 9.59 Å². The normalized spacial score (nSPS) is 19.8. The monoisotopic (exact) mass is 284 g/mol. The van der Waals surface area contributed by atoms with Crippen molar-refractivity contribution in [3.05, 3.63) is 0 Å². The van der Waals surface area contributed by atoms with Crippen molar-refractivity contribution >= 4 is 11.8 Å². The van der Waals surface area contributed by atoms with Crippen molar-refractivity contribution in [1.29, 1.82) is 0 Å². The molecule has 0 aromatic heterocycles. The first-order valence-electron chi connectivity index (χ1n) is 7.55. The molecule has 0 aromatic carbocycles. The predicted octanol–water partition coefficient (Wildman–Crippen LogP) is 1.16. The Labute approximate surface area is 121 Å². The molecule has 0 aliphatic carbocycles. The molecular weight excluding hydrogens is 256 g/mol. The van der Waals surface area contributed by atoms with Crippen LogP contribution in [0.5, 0.6) is 0 Å². The summed E-state index contributed by atoms with van der Waals surface area (Å²) >= 11 is 0. The second kappa shape index (κ2) is 7.07. The molecule has 1 fully saturated rings. The van der Waals surface area contributed by atoms with E-state index in [1.165, 1.54) is 0 Å². The first-order valence-corrected chi connectivity index (χ1v) is 7.55. The van der Waals surface area contributed by atoms with Crippen LogP contribution in [0.4, 0.5) is 0 Å². The lowest BCUT2D eigenvalue weighted by Gasteiger charge is -2.33. The van der Waals surface area contributed by atoms with Gasteiger partial charge in [-0.05, 0) is 26.2 Å². The zero-order valence-electron chi connectivity index (χ0n) is 13.1. The van der Waals surface area contributed by atoms with Gasteiger partial charge in [0.25, 0.3) is 0 Å². The predicted molar refractivity (Wildman–Crippen MR) is 78.1 cm³/mol. The number of aliphatic hydroxyl groups is 1. The van der Waals surface area contributed by atoms with Crippen molar-refractivity contribution in [2.45, 2.75) is 52.6 Å². The molecule has 0 radical (unpaired) electrons. The first-order chi connectivity index (χ1) is 9.26. The van der Waals surface area contributed by atoms with Gasteiger partial charge in [0.2, 0.25) is 11.8 Å². The Morgan fingerprint density at radius 2 is 1.90 bits per heavy atom. The summed E-state index contributed by atoms with van der Waals surface area (Å²) in [5.74, 6) is 0.132. The molecule has 0 bridgehead atoms. The van der Waals surface area contributed by atoms with Crippen molar-refractivity contribution in [3.63, 3.8) is 0 Å². The van der Waals surface area contributed by atoms with Crippen LogP contribution in [0, 0.1) is 11.8 Å². The summed E-state index contributed by atoms with van der Waals surface area (Å²) in [4.78, 5) is 25.8. The fourth-order valence-corrected chi connectivity index (χ4v) is 2.27. The molecule has 0 aromatic rings. The number of likely N-dealkylation sites (tertiary alicyclic amines) is 1. The lowest BCUT2D eigenvalue weighted by Crippen LogP contribution is -2.47. The Bertz CT molecular complexity index is 345. The molecule has 1 unspecified atom stereocenters. The standard InChI is InChI=1S/C15H28N2O3/c1-5-15(4,20)10-16-13(18)12-6-8-17(9-7-12)14(19)11(2)3/h11-12,20H,5-10H2,1-4H3,(H,16,18). The summed E-state index contributed by atoms with van der Waals surface area (Å²) in [5.41, 5.74) is -0.843. The molecule has 1 rings (SSSR count). The minimum atomic E-state index is -0.843. The summed E-state index contributed by atoms with van der Waals surface area (Å²) in [5, 5.41) is 12.7. The molecule has 1 saturated heterocycles. The molecule has 1 atom stereocenters. The van der Waals surface area contributed by atoms with Crippen LogP contribution in [0.25, 0.3) is 0 Å². The topological polar surface area (TPSA) is 69.6 Å². The minimum absolute atomic E-state index is 0.00429. The Kier molecular flexibility index (Phi) is 5.99. The average molecular weight is 284 g/mol. The van der Waals surface area contributed by atoms with Crippen LogP contribution < -0.4 is 5.32 Å². The molecular formula is C15H28N2O3. The summed E-state index contributed by atoms with van der Waals surface area (Å²) in [6, 6.07) is 0. The summed E-state index contributed by atoms with van der Waals surface area (Å²) in [6.07, 6.45) is 2.02. The van der Waals surface area contributed by atoms with E-state index in [1.807, 2.05) is 25.7 Å². The summed E-state index contributed by atoms with van der Waals surface area (Å²) in [7, 11) is 0. The van der Waals surface area contributed by atoms with Crippen molar-refractivity contribution in [2.75, 3.05) is 19.6 Å². The molecule has 116 valence electrons. The Hall–Kier alpha value is -1.10. The van der Waals surface area contributed by atoms with E-state index in [2.05, 4.69) is 5.32 Å². The molecule has 1 aliphatic heterocycles. The number of rotatable bonds is 5. The minimum Gasteiger partial charge on any atom is -0.388 e. The van der Waals surface area contributed by atoms with Crippen molar-refractivity contribution in [2.24, 2.45) is 11.8 Å². The molecule has 1 aliphatic rings. The quantitative estimate of drug-likeness (QED) is 0.796. The molecule has 2 N–H and O–H groups in total. The maximum Gasteiger partial charge on any atom is 0.225 e. The van der Waals surface area contributed by atoms with Gasteiger partial charge < -0.3 is 15.3 Å². The smallest absolute Gasteiger partial charge is 0.225 e. The average Bonchev–Trinajstić information content (AvgIpc) is 2.44. The van der Waals surface area contributed by atoms with Gasteiger partial charge in [0.05, 0.1) is 5.60 Å². The number of hydrogen-bond donors (Lipinski definition) is 2. The number of nitrogens with zero attached hydrogens (tertiary/aromatic N) is 1. The number of piperidine rings is 1. The zero-order valence-corrected chi connectivity index (χ0v) is 13.1. The number of amides is 2. The van der Waals surface area contributed by atoms with Gasteiger partial charge in [0, 0.05) is 31.5 Å². The SMILES string of the molecule is CCC(C)(O)CNC(=O)C1CCN(C(=O)C(C)C)CC1. The van der Waals surface area contributed by atoms with Gasteiger partial charge in [-0.1, -0.05) is 20.8 Å². The number of nitrogens with one attached hydrogen (secondary N) is 1. The Morgan fingerprint density at radius 3 is 2.35 bits per heavy atom. The lowest BCUT2D eigenvalue weighted by atomic mass is 9.94. The molecule has 2 amide bonds. The lowest BCUT2D eigenvalue weighted by molar-refractivity contribution is -0.138. The van der Waals surface area contributed by atoms with E-state index in [4.69, 9.17) is 0 Å². The Morgan fingerprint density at radius 1 is 1.35 bits per heavy atom. The van der Waals surface area contributed by atoms with Crippen molar-refractivity contribution in [3.8, 4) is 0 Å². The molecule has 5 nitrogen and oxygen atoms in total. The number of hydrogen-bond acceptors (Lipinski definition) is 3. The third-order valence-electron chi connectivity index (χ3n) is 4.08. The fraction of sp³-hybridized carbons (Fsp3) is 0.867. The molecule has 0 saturated carbocycles. The fourth-order valence-electron chi connectivity index (χ4n) is 2.27. The van der Waals surface area contributed by atoms with Crippen LogP contribution in [0.2, 0.25) is 0 Å². The van der Waals surface area contributed by atoms with Gasteiger partial charge in [-0.2, -0.15) is 0 Å². The van der Waals surface area contributed by atoms with E-state index in [0.29, 0.717) is 32.4 Å². The van der Waals surface area contributed by atoms with Crippen LogP contribution in [-0.2, 0) is 9.59 Å². The summed E-state index contributed by atoms with van der Waals surface area (Å²) < 4.78 is 0. The Balaban J connectivity index is 2.38. The van der Waals surface area contributed by atoms with Gasteiger partial charge >= 0.3 is 0 Å². The largest absolute Gasteiger partial charge is 0.388 e. The summed E-state index contributed by atoms with van der Waals surface area (Å²) in [6.45, 7) is 8.99. The number of carbonyl (C=O) groups excluding carboxylic acids is 2. The van der Waals surface area contributed by atoms with E-state index in [1.54, 1.807) is 6.92 Å². The number of carbonyl (C=O) groups is 2. The van der Waals surface area contributed by atoms with Gasteiger partial charge in [-0.25, -0.2) is 0 Å². The first kappa shape index (κ1) is 17.0. The van der Waals surface area contributed by atoms with E-state index in [0.717, 1.165) is 0 Å². The third-order valence-corrected chi connectivity index (χ3v) is 4.08. The van der Waals surface area contributed by atoms with Crippen LogP contribution in [0.3, 0.4) is 0 Å². The van der Waals surface area contributed by atoms with E-state index in [-0.39, 0.29) is 30.2 Å². The molecule has 1 heterocycles. The highest BCUT2D eigenvalue weighted by Gasteiger charge is 2.29. The second-order valence-electron chi connectivity index (χ2n) is 6.32. The van der Waals surface area contributed by atoms with Crippen LogP contribution in [0.15, 0.2) is 0 Å². The third kappa shape index (κ3) is 4.78.